The smallest absolute Gasteiger partial charge is 0.337 e. The van der Waals surface area contributed by atoms with Crippen LogP contribution in [0, 0.1) is 0 Å². The minimum atomic E-state index is -0.974. The van der Waals surface area contributed by atoms with Crippen molar-refractivity contribution in [2.45, 2.75) is 25.4 Å². The molecule has 2 heterocycles. The van der Waals surface area contributed by atoms with Gasteiger partial charge in [-0.2, -0.15) is 10.2 Å². The Balaban J connectivity index is 2.07. The summed E-state index contributed by atoms with van der Waals surface area (Å²) in [7, 11) is 0. The molecule has 1 saturated heterocycles. The Morgan fingerprint density at radius 2 is 2.53 bits per heavy atom. The van der Waals surface area contributed by atoms with E-state index in [0.29, 0.717) is 12.1 Å². The standard InChI is InChI=1S/C10H12N2O3/c13-10(14)7-4-8(12-11-6-7)5-9-2-1-3-15-9/h4,6,9H,1-3,5H2,(H,13,14). The Morgan fingerprint density at radius 3 is 3.20 bits per heavy atom. The van der Waals surface area contributed by atoms with Crippen molar-refractivity contribution >= 4 is 5.97 Å². The largest absolute Gasteiger partial charge is 0.478 e. The monoisotopic (exact) mass is 208 g/mol. The highest BCUT2D eigenvalue weighted by Gasteiger charge is 2.17. The molecule has 0 spiro atoms. The van der Waals surface area contributed by atoms with Crippen LogP contribution in [0.4, 0.5) is 0 Å². The quantitative estimate of drug-likeness (QED) is 0.798. The lowest BCUT2D eigenvalue weighted by molar-refractivity contribution is 0.0695. The lowest BCUT2D eigenvalue weighted by atomic mass is 10.1. The summed E-state index contributed by atoms with van der Waals surface area (Å²) < 4.78 is 5.44. The van der Waals surface area contributed by atoms with E-state index in [-0.39, 0.29) is 11.7 Å². The predicted molar refractivity (Wildman–Crippen MR) is 51.7 cm³/mol. The van der Waals surface area contributed by atoms with Crippen LogP contribution >= 0.6 is 0 Å². The molecule has 1 aliphatic heterocycles. The van der Waals surface area contributed by atoms with Gasteiger partial charge in [-0.25, -0.2) is 4.79 Å². The molecule has 0 aliphatic carbocycles. The summed E-state index contributed by atoms with van der Waals surface area (Å²) in [5, 5.41) is 16.3. The van der Waals surface area contributed by atoms with E-state index in [1.807, 2.05) is 0 Å². The Kier molecular flexibility index (Phi) is 2.91. The predicted octanol–water partition coefficient (Wildman–Crippen LogP) is 0.896. The van der Waals surface area contributed by atoms with E-state index < -0.39 is 5.97 Å². The van der Waals surface area contributed by atoms with Gasteiger partial charge >= 0.3 is 5.97 Å². The number of aromatic nitrogens is 2. The first-order chi connectivity index (χ1) is 7.25. The molecular weight excluding hydrogens is 196 g/mol. The van der Waals surface area contributed by atoms with Crippen LogP contribution in [0.3, 0.4) is 0 Å². The zero-order chi connectivity index (χ0) is 10.7. The van der Waals surface area contributed by atoms with Gasteiger partial charge in [0.25, 0.3) is 0 Å². The third-order valence-corrected chi connectivity index (χ3v) is 2.41. The number of carboxylic acids is 1. The Hall–Kier alpha value is -1.49. The van der Waals surface area contributed by atoms with Crippen molar-refractivity contribution in [3.63, 3.8) is 0 Å². The van der Waals surface area contributed by atoms with Gasteiger partial charge in [0.1, 0.15) is 0 Å². The molecule has 1 N–H and O–H groups in total. The number of rotatable bonds is 3. The normalized spacial score (nSPS) is 20.4. The first-order valence-electron chi connectivity index (χ1n) is 4.92. The maximum atomic E-state index is 10.7. The number of hydrogen-bond donors (Lipinski definition) is 1. The zero-order valence-electron chi connectivity index (χ0n) is 8.22. The van der Waals surface area contributed by atoms with Gasteiger partial charge in [0.2, 0.25) is 0 Å². The maximum absolute atomic E-state index is 10.7. The van der Waals surface area contributed by atoms with E-state index in [2.05, 4.69) is 10.2 Å². The van der Waals surface area contributed by atoms with E-state index in [9.17, 15) is 4.79 Å². The van der Waals surface area contributed by atoms with Crippen molar-refractivity contribution in [2.24, 2.45) is 0 Å². The number of nitrogens with zero attached hydrogens (tertiary/aromatic N) is 2. The summed E-state index contributed by atoms with van der Waals surface area (Å²) in [6.07, 6.45) is 4.15. The van der Waals surface area contributed by atoms with Crippen LogP contribution in [0.1, 0.15) is 28.9 Å². The van der Waals surface area contributed by atoms with Crippen LogP contribution in [0.25, 0.3) is 0 Å². The summed E-state index contributed by atoms with van der Waals surface area (Å²) in [5.74, 6) is -0.974. The number of ether oxygens (including phenoxy) is 1. The fourth-order valence-corrected chi connectivity index (χ4v) is 1.67. The van der Waals surface area contributed by atoms with Gasteiger partial charge in [-0.1, -0.05) is 0 Å². The van der Waals surface area contributed by atoms with Crippen LogP contribution in [0.5, 0.6) is 0 Å². The van der Waals surface area contributed by atoms with E-state index >= 15 is 0 Å². The van der Waals surface area contributed by atoms with E-state index in [0.717, 1.165) is 19.4 Å². The second-order valence-corrected chi connectivity index (χ2v) is 3.58. The Labute approximate surface area is 87.1 Å². The molecule has 5 nitrogen and oxygen atoms in total. The van der Waals surface area contributed by atoms with Crippen LogP contribution in [0.2, 0.25) is 0 Å². The Bertz CT molecular complexity index is 361. The van der Waals surface area contributed by atoms with Crippen molar-refractivity contribution < 1.29 is 14.6 Å². The fourth-order valence-electron chi connectivity index (χ4n) is 1.67. The van der Waals surface area contributed by atoms with Crippen LogP contribution in [-0.2, 0) is 11.2 Å². The fraction of sp³-hybridized carbons (Fsp3) is 0.500. The van der Waals surface area contributed by atoms with Gasteiger partial charge in [0.05, 0.1) is 23.6 Å². The lowest BCUT2D eigenvalue weighted by Crippen LogP contribution is -2.11. The zero-order valence-corrected chi connectivity index (χ0v) is 8.22. The molecule has 2 rings (SSSR count). The van der Waals surface area contributed by atoms with Crippen LogP contribution in [0.15, 0.2) is 12.3 Å². The molecule has 15 heavy (non-hydrogen) atoms. The van der Waals surface area contributed by atoms with Gasteiger partial charge in [-0.15, -0.1) is 0 Å². The average molecular weight is 208 g/mol. The molecule has 5 heteroatoms. The summed E-state index contributed by atoms with van der Waals surface area (Å²) >= 11 is 0. The topological polar surface area (TPSA) is 72.3 Å². The molecule has 0 aromatic carbocycles. The minimum Gasteiger partial charge on any atom is -0.478 e. The highest BCUT2D eigenvalue weighted by atomic mass is 16.5. The van der Waals surface area contributed by atoms with Crippen molar-refractivity contribution in [1.29, 1.82) is 0 Å². The molecule has 80 valence electrons. The second-order valence-electron chi connectivity index (χ2n) is 3.58. The molecule has 0 saturated carbocycles. The number of carboxylic acid groups (broad SMARTS) is 1. The van der Waals surface area contributed by atoms with E-state index in [1.165, 1.54) is 6.20 Å². The van der Waals surface area contributed by atoms with Crippen molar-refractivity contribution in [3.8, 4) is 0 Å². The number of aromatic carboxylic acids is 1. The lowest BCUT2D eigenvalue weighted by Gasteiger charge is -2.07. The molecular formula is C10H12N2O3. The molecule has 0 amide bonds. The third-order valence-electron chi connectivity index (χ3n) is 2.41. The van der Waals surface area contributed by atoms with Gasteiger partial charge in [0.15, 0.2) is 0 Å². The highest BCUT2D eigenvalue weighted by molar-refractivity contribution is 5.87. The van der Waals surface area contributed by atoms with Crippen molar-refractivity contribution in [1.82, 2.24) is 10.2 Å². The van der Waals surface area contributed by atoms with Crippen LogP contribution in [-0.4, -0.2) is 34.0 Å². The summed E-state index contributed by atoms with van der Waals surface area (Å²) in [6.45, 7) is 0.788. The first kappa shape index (κ1) is 10.0. The van der Waals surface area contributed by atoms with Gasteiger partial charge in [-0.3, -0.25) is 0 Å². The maximum Gasteiger partial charge on any atom is 0.337 e. The highest BCUT2D eigenvalue weighted by Crippen LogP contribution is 2.16. The summed E-state index contributed by atoms with van der Waals surface area (Å²) in [4.78, 5) is 10.7. The molecule has 1 aromatic rings. The number of carbonyl (C=O) groups is 1. The SMILES string of the molecule is O=C(O)c1cnnc(CC2CCCO2)c1. The van der Waals surface area contributed by atoms with Gasteiger partial charge < -0.3 is 9.84 Å². The molecule has 1 aliphatic rings. The van der Waals surface area contributed by atoms with Crippen molar-refractivity contribution in [2.75, 3.05) is 6.61 Å². The summed E-state index contributed by atoms with van der Waals surface area (Å²) in [6, 6.07) is 1.55. The second kappa shape index (κ2) is 4.35. The van der Waals surface area contributed by atoms with E-state index in [4.69, 9.17) is 9.84 Å². The molecule has 0 radical (unpaired) electrons. The third kappa shape index (κ3) is 2.50. The molecule has 0 bridgehead atoms. The Morgan fingerprint density at radius 1 is 1.67 bits per heavy atom. The molecule has 1 atom stereocenters. The van der Waals surface area contributed by atoms with E-state index in [1.54, 1.807) is 6.07 Å². The van der Waals surface area contributed by atoms with Gasteiger partial charge in [-0.05, 0) is 18.9 Å². The molecule has 1 aromatic heterocycles. The van der Waals surface area contributed by atoms with Crippen molar-refractivity contribution in [3.05, 3.63) is 23.5 Å². The minimum absolute atomic E-state index is 0.170. The van der Waals surface area contributed by atoms with Gasteiger partial charge in [0, 0.05) is 13.0 Å². The number of hydrogen-bond acceptors (Lipinski definition) is 4. The van der Waals surface area contributed by atoms with Crippen LogP contribution < -0.4 is 0 Å². The first-order valence-corrected chi connectivity index (χ1v) is 4.92. The molecule has 1 unspecified atom stereocenters. The summed E-state index contributed by atoms with van der Waals surface area (Å²) in [5.41, 5.74) is 0.861. The molecule has 1 fully saturated rings. The average Bonchev–Trinajstić information content (AvgIpc) is 2.71.